The molecule has 0 unspecified atom stereocenters. The first-order chi connectivity index (χ1) is 15.8. The van der Waals surface area contributed by atoms with Crippen molar-refractivity contribution in [1.29, 1.82) is 0 Å². The first-order valence-corrected chi connectivity index (χ1v) is 10.8. The summed E-state index contributed by atoms with van der Waals surface area (Å²) in [7, 11) is 0. The summed E-state index contributed by atoms with van der Waals surface area (Å²) >= 11 is 0. The minimum absolute atomic E-state index is 0.914. The molecule has 0 bridgehead atoms. The molecule has 0 spiro atoms. The van der Waals surface area contributed by atoms with Gasteiger partial charge in [0.15, 0.2) is 0 Å². The number of anilines is 2. The second kappa shape index (κ2) is 7.75. The first-order valence-electron chi connectivity index (χ1n) is 10.8. The summed E-state index contributed by atoms with van der Waals surface area (Å²) in [6, 6.07) is 42.0. The highest BCUT2D eigenvalue weighted by molar-refractivity contribution is 6.12. The third kappa shape index (κ3) is 3.32. The van der Waals surface area contributed by atoms with Crippen molar-refractivity contribution in [2.24, 2.45) is 0 Å². The number of fused-ring (bicyclic) bond motifs is 3. The maximum absolute atomic E-state index is 6.08. The Balaban J connectivity index is 1.39. The molecule has 2 nitrogen and oxygen atoms in total. The smallest absolute Gasteiger partial charge is 0.136 e. The molecule has 0 amide bonds. The molecule has 2 heteroatoms. The van der Waals surface area contributed by atoms with Gasteiger partial charge in [-0.05, 0) is 58.7 Å². The third-order valence-corrected chi connectivity index (χ3v) is 5.83. The zero-order chi connectivity index (χ0) is 21.3. The highest BCUT2D eigenvalue weighted by Gasteiger charge is 2.12. The molecular weight excluding hydrogens is 390 g/mol. The average molecular weight is 412 g/mol. The summed E-state index contributed by atoms with van der Waals surface area (Å²) in [6.07, 6.45) is 0. The molecule has 1 N–H and O–H groups in total. The van der Waals surface area contributed by atoms with Crippen LogP contribution in [-0.2, 0) is 0 Å². The molecule has 0 atom stereocenters. The fourth-order valence-electron chi connectivity index (χ4n) is 4.35. The fraction of sp³-hybridized carbons (Fsp3) is 0. The van der Waals surface area contributed by atoms with Crippen LogP contribution in [0.15, 0.2) is 126 Å². The summed E-state index contributed by atoms with van der Waals surface area (Å²) < 4.78 is 6.08. The van der Waals surface area contributed by atoms with E-state index in [-0.39, 0.29) is 0 Å². The van der Waals surface area contributed by atoms with E-state index in [9.17, 15) is 0 Å². The van der Waals surface area contributed by atoms with E-state index in [2.05, 4.69) is 102 Å². The van der Waals surface area contributed by atoms with Crippen molar-refractivity contribution in [2.45, 2.75) is 0 Å². The van der Waals surface area contributed by atoms with Crippen molar-refractivity contribution in [3.8, 4) is 22.3 Å². The van der Waals surface area contributed by atoms with Crippen LogP contribution in [0.25, 0.3) is 44.2 Å². The SMILES string of the molecule is c1ccc(-c2cccc(Nc3cccc(-c4cccc5oc6ccccc6c45)c3)c2)cc1. The molecule has 0 aliphatic heterocycles. The van der Waals surface area contributed by atoms with E-state index in [0.29, 0.717) is 0 Å². The van der Waals surface area contributed by atoms with Gasteiger partial charge in [0.1, 0.15) is 11.2 Å². The number of nitrogens with one attached hydrogen (secondary N) is 1. The molecule has 0 radical (unpaired) electrons. The number of hydrogen-bond acceptors (Lipinski definition) is 2. The van der Waals surface area contributed by atoms with Crippen LogP contribution in [0.4, 0.5) is 11.4 Å². The summed E-state index contributed by atoms with van der Waals surface area (Å²) in [5.41, 5.74) is 8.69. The molecular formula is C30H21NO. The zero-order valence-electron chi connectivity index (χ0n) is 17.5. The normalized spacial score (nSPS) is 11.1. The van der Waals surface area contributed by atoms with E-state index >= 15 is 0 Å². The van der Waals surface area contributed by atoms with Crippen molar-refractivity contribution in [3.63, 3.8) is 0 Å². The van der Waals surface area contributed by atoms with Crippen LogP contribution in [-0.4, -0.2) is 0 Å². The Morgan fingerprint density at radius 2 is 1.09 bits per heavy atom. The predicted molar refractivity (Wildman–Crippen MR) is 134 cm³/mol. The molecule has 0 fully saturated rings. The van der Waals surface area contributed by atoms with E-state index in [4.69, 9.17) is 4.42 Å². The molecule has 5 aromatic carbocycles. The van der Waals surface area contributed by atoms with Crippen LogP contribution in [0.1, 0.15) is 0 Å². The quantitative estimate of drug-likeness (QED) is 0.314. The number of para-hydroxylation sites is 1. The Morgan fingerprint density at radius 3 is 1.94 bits per heavy atom. The first kappa shape index (κ1) is 18.5. The molecule has 0 saturated heterocycles. The molecule has 0 aliphatic rings. The summed E-state index contributed by atoms with van der Waals surface area (Å²) in [5, 5.41) is 5.88. The van der Waals surface area contributed by atoms with Gasteiger partial charge in [0, 0.05) is 22.1 Å². The Bertz CT molecular complexity index is 1550. The number of furan rings is 1. The lowest BCUT2D eigenvalue weighted by atomic mass is 9.99. The number of hydrogen-bond donors (Lipinski definition) is 1. The molecule has 1 heterocycles. The lowest BCUT2D eigenvalue weighted by Gasteiger charge is -2.11. The maximum Gasteiger partial charge on any atom is 0.136 e. The number of benzene rings is 5. The molecule has 0 saturated carbocycles. The number of rotatable bonds is 4. The van der Waals surface area contributed by atoms with E-state index in [1.165, 1.54) is 16.7 Å². The van der Waals surface area contributed by atoms with Gasteiger partial charge in [0.2, 0.25) is 0 Å². The lowest BCUT2D eigenvalue weighted by Crippen LogP contribution is -1.91. The predicted octanol–water partition coefficient (Wildman–Crippen LogP) is 8.66. The van der Waals surface area contributed by atoms with Crippen molar-refractivity contribution in [1.82, 2.24) is 0 Å². The summed E-state index contributed by atoms with van der Waals surface area (Å²) in [6.45, 7) is 0. The molecule has 0 aliphatic carbocycles. The topological polar surface area (TPSA) is 25.2 Å². The van der Waals surface area contributed by atoms with Gasteiger partial charge >= 0.3 is 0 Å². The second-order valence-corrected chi connectivity index (χ2v) is 7.93. The maximum atomic E-state index is 6.08. The van der Waals surface area contributed by atoms with Gasteiger partial charge in [-0.1, -0.05) is 84.9 Å². The summed E-state index contributed by atoms with van der Waals surface area (Å²) in [5.74, 6) is 0. The van der Waals surface area contributed by atoms with Gasteiger partial charge in [-0.2, -0.15) is 0 Å². The highest BCUT2D eigenvalue weighted by atomic mass is 16.3. The molecule has 1 aromatic heterocycles. The highest BCUT2D eigenvalue weighted by Crippen LogP contribution is 2.37. The monoisotopic (exact) mass is 411 g/mol. The van der Waals surface area contributed by atoms with Gasteiger partial charge in [-0.15, -0.1) is 0 Å². The largest absolute Gasteiger partial charge is 0.456 e. The van der Waals surface area contributed by atoms with Crippen LogP contribution < -0.4 is 5.32 Å². The fourth-order valence-corrected chi connectivity index (χ4v) is 4.35. The van der Waals surface area contributed by atoms with E-state index in [1.807, 2.05) is 24.3 Å². The molecule has 6 aromatic rings. The minimum Gasteiger partial charge on any atom is -0.456 e. The van der Waals surface area contributed by atoms with Gasteiger partial charge < -0.3 is 9.73 Å². The molecule has 152 valence electrons. The minimum atomic E-state index is 0.914. The van der Waals surface area contributed by atoms with Gasteiger partial charge in [0.05, 0.1) is 0 Å². The van der Waals surface area contributed by atoms with Crippen LogP contribution in [0, 0.1) is 0 Å². The van der Waals surface area contributed by atoms with E-state index in [1.54, 1.807) is 0 Å². The Labute approximate surface area is 186 Å². The average Bonchev–Trinajstić information content (AvgIpc) is 3.24. The van der Waals surface area contributed by atoms with Crippen molar-refractivity contribution < 1.29 is 4.42 Å². The third-order valence-electron chi connectivity index (χ3n) is 5.83. The van der Waals surface area contributed by atoms with Gasteiger partial charge in [-0.3, -0.25) is 0 Å². The Hall–Kier alpha value is -4.30. The van der Waals surface area contributed by atoms with E-state index in [0.717, 1.165) is 38.9 Å². The van der Waals surface area contributed by atoms with Crippen LogP contribution in [0.2, 0.25) is 0 Å². The van der Waals surface area contributed by atoms with Crippen LogP contribution in [0.3, 0.4) is 0 Å². The van der Waals surface area contributed by atoms with Crippen molar-refractivity contribution in [3.05, 3.63) is 121 Å². The molecule has 32 heavy (non-hydrogen) atoms. The van der Waals surface area contributed by atoms with Crippen LogP contribution in [0.5, 0.6) is 0 Å². The van der Waals surface area contributed by atoms with Gasteiger partial charge in [0.25, 0.3) is 0 Å². The van der Waals surface area contributed by atoms with E-state index < -0.39 is 0 Å². The standard InChI is InChI=1S/C30H21NO/c1-2-9-21(10-3-1)22-11-6-13-24(19-22)31-25-14-7-12-23(20-25)26-16-8-18-29-30(26)27-15-4-5-17-28(27)32-29/h1-20,31H. The zero-order valence-corrected chi connectivity index (χ0v) is 17.5. The van der Waals surface area contributed by atoms with Gasteiger partial charge in [-0.25, -0.2) is 0 Å². The Kier molecular flexibility index (Phi) is 4.47. The summed E-state index contributed by atoms with van der Waals surface area (Å²) in [4.78, 5) is 0. The Morgan fingerprint density at radius 1 is 0.469 bits per heavy atom. The van der Waals surface area contributed by atoms with Crippen molar-refractivity contribution >= 4 is 33.3 Å². The molecule has 6 rings (SSSR count). The van der Waals surface area contributed by atoms with Crippen molar-refractivity contribution in [2.75, 3.05) is 5.32 Å². The lowest BCUT2D eigenvalue weighted by molar-refractivity contribution is 0.669. The second-order valence-electron chi connectivity index (χ2n) is 7.93. The van der Waals surface area contributed by atoms with Crippen LogP contribution >= 0.6 is 0 Å².